The number of hydrogen-bond acceptors (Lipinski definition) is 5. The number of nitrogens with zero attached hydrogens (tertiary/aromatic N) is 1. The van der Waals surface area contributed by atoms with Gasteiger partial charge in [-0.1, -0.05) is 41.6 Å². The van der Waals surface area contributed by atoms with E-state index in [0.717, 1.165) is 11.8 Å². The minimum absolute atomic E-state index is 0.135. The molecule has 0 unspecified atom stereocenters. The second-order valence-electron chi connectivity index (χ2n) is 5.58. The molecule has 0 spiro atoms. The Labute approximate surface area is 145 Å². The fraction of sp³-hybridized carbons (Fsp3) is 0.111. The van der Waals surface area contributed by atoms with Crippen LogP contribution in [0.1, 0.15) is 16.1 Å². The monoisotopic (exact) mass is 356 g/mol. The Kier molecular flexibility index (Phi) is 4.41. The van der Waals surface area contributed by atoms with E-state index < -0.39 is 15.7 Å². The Morgan fingerprint density at radius 2 is 1.80 bits per heavy atom. The predicted molar refractivity (Wildman–Crippen MR) is 94.2 cm³/mol. The summed E-state index contributed by atoms with van der Waals surface area (Å²) in [5.41, 5.74) is 1.90. The zero-order valence-corrected chi connectivity index (χ0v) is 14.5. The van der Waals surface area contributed by atoms with E-state index in [0.29, 0.717) is 22.7 Å². The van der Waals surface area contributed by atoms with Crippen LogP contribution in [-0.2, 0) is 9.84 Å². The molecule has 1 heterocycles. The van der Waals surface area contributed by atoms with E-state index in [1.54, 1.807) is 19.1 Å². The van der Waals surface area contributed by atoms with Gasteiger partial charge in [0.1, 0.15) is 17.0 Å². The number of amides is 1. The Hall–Kier alpha value is -2.93. The van der Waals surface area contributed by atoms with Gasteiger partial charge in [0.05, 0.1) is 4.90 Å². The second-order valence-corrected chi connectivity index (χ2v) is 7.60. The first-order valence-electron chi connectivity index (χ1n) is 7.49. The number of carbonyl (C=O) groups is 1. The number of aromatic nitrogens is 1. The van der Waals surface area contributed by atoms with Crippen molar-refractivity contribution < 1.29 is 17.7 Å². The van der Waals surface area contributed by atoms with Gasteiger partial charge in [0.15, 0.2) is 9.84 Å². The van der Waals surface area contributed by atoms with E-state index in [1.165, 1.54) is 12.1 Å². The highest BCUT2D eigenvalue weighted by molar-refractivity contribution is 7.90. The second kappa shape index (κ2) is 6.52. The molecular formula is C18H16N2O4S. The molecule has 0 aliphatic rings. The van der Waals surface area contributed by atoms with Crippen molar-refractivity contribution in [1.82, 2.24) is 5.16 Å². The van der Waals surface area contributed by atoms with Crippen molar-refractivity contribution in [2.45, 2.75) is 11.8 Å². The summed E-state index contributed by atoms with van der Waals surface area (Å²) in [6, 6.07) is 15.3. The van der Waals surface area contributed by atoms with Crippen LogP contribution in [0.2, 0.25) is 0 Å². The predicted octanol–water partition coefficient (Wildman–Crippen LogP) is 3.31. The van der Waals surface area contributed by atoms with Gasteiger partial charge in [-0.25, -0.2) is 8.42 Å². The van der Waals surface area contributed by atoms with Crippen molar-refractivity contribution in [3.8, 4) is 11.3 Å². The van der Waals surface area contributed by atoms with Crippen LogP contribution in [-0.4, -0.2) is 25.7 Å². The molecule has 7 heteroatoms. The lowest BCUT2D eigenvalue weighted by Gasteiger charge is -2.07. The van der Waals surface area contributed by atoms with Crippen LogP contribution >= 0.6 is 0 Å². The molecule has 0 saturated heterocycles. The molecule has 0 radical (unpaired) electrons. The Morgan fingerprint density at radius 1 is 1.08 bits per heavy atom. The largest absolute Gasteiger partial charge is 0.360 e. The Bertz CT molecular complexity index is 1020. The van der Waals surface area contributed by atoms with Crippen molar-refractivity contribution >= 4 is 21.4 Å². The number of benzene rings is 2. The van der Waals surface area contributed by atoms with E-state index in [1.807, 2.05) is 30.3 Å². The molecule has 0 saturated carbocycles. The summed E-state index contributed by atoms with van der Waals surface area (Å²) in [6.07, 6.45) is 1.12. The van der Waals surface area contributed by atoms with E-state index in [2.05, 4.69) is 10.5 Å². The number of anilines is 1. The minimum atomic E-state index is -3.36. The SMILES string of the molecule is Cc1onc(-c2ccccc2)c1C(=O)Nc1cccc(S(C)(=O)=O)c1. The fourth-order valence-electron chi connectivity index (χ4n) is 2.43. The fourth-order valence-corrected chi connectivity index (χ4v) is 3.10. The van der Waals surface area contributed by atoms with Crippen LogP contribution in [0.25, 0.3) is 11.3 Å². The molecule has 0 aliphatic carbocycles. The van der Waals surface area contributed by atoms with Crippen LogP contribution in [0.15, 0.2) is 64.0 Å². The third-order valence-corrected chi connectivity index (χ3v) is 4.77. The molecule has 0 fully saturated rings. The molecule has 25 heavy (non-hydrogen) atoms. The Morgan fingerprint density at radius 3 is 2.48 bits per heavy atom. The zero-order valence-electron chi connectivity index (χ0n) is 13.7. The standard InChI is InChI=1S/C18H16N2O4S/c1-12-16(17(20-24-12)13-7-4-3-5-8-13)18(21)19-14-9-6-10-15(11-14)25(2,22)23/h3-11H,1-2H3,(H,19,21). The van der Waals surface area contributed by atoms with Crippen molar-refractivity contribution in [1.29, 1.82) is 0 Å². The maximum Gasteiger partial charge on any atom is 0.261 e. The number of hydrogen-bond donors (Lipinski definition) is 1. The van der Waals surface area contributed by atoms with Crippen LogP contribution in [0.5, 0.6) is 0 Å². The van der Waals surface area contributed by atoms with Crippen molar-refractivity contribution in [2.24, 2.45) is 0 Å². The molecule has 6 nitrogen and oxygen atoms in total. The average molecular weight is 356 g/mol. The summed E-state index contributed by atoms with van der Waals surface area (Å²) in [5, 5.41) is 6.68. The number of rotatable bonds is 4. The van der Waals surface area contributed by atoms with Crippen molar-refractivity contribution in [3.05, 3.63) is 65.9 Å². The topological polar surface area (TPSA) is 89.3 Å². The van der Waals surface area contributed by atoms with E-state index >= 15 is 0 Å². The van der Waals surface area contributed by atoms with Crippen LogP contribution in [0.3, 0.4) is 0 Å². The van der Waals surface area contributed by atoms with Gasteiger partial charge in [0.2, 0.25) is 0 Å². The number of nitrogens with one attached hydrogen (secondary N) is 1. The highest BCUT2D eigenvalue weighted by Gasteiger charge is 2.22. The van der Waals surface area contributed by atoms with E-state index in [-0.39, 0.29) is 4.90 Å². The van der Waals surface area contributed by atoms with Crippen LogP contribution in [0.4, 0.5) is 5.69 Å². The first-order valence-corrected chi connectivity index (χ1v) is 9.38. The normalized spacial score (nSPS) is 11.3. The smallest absolute Gasteiger partial charge is 0.261 e. The summed E-state index contributed by atoms with van der Waals surface area (Å²) in [5.74, 6) is -0.0288. The molecular weight excluding hydrogens is 340 g/mol. The summed E-state index contributed by atoms with van der Waals surface area (Å²) < 4.78 is 28.5. The number of aryl methyl sites for hydroxylation is 1. The van der Waals surface area contributed by atoms with Crippen molar-refractivity contribution in [2.75, 3.05) is 11.6 Å². The van der Waals surface area contributed by atoms with Crippen LogP contribution < -0.4 is 5.32 Å². The van der Waals surface area contributed by atoms with Gasteiger partial charge in [-0.15, -0.1) is 0 Å². The van der Waals surface area contributed by atoms with Gasteiger partial charge >= 0.3 is 0 Å². The lowest BCUT2D eigenvalue weighted by molar-refractivity contribution is 0.102. The van der Waals surface area contributed by atoms with E-state index in [4.69, 9.17) is 4.52 Å². The summed E-state index contributed by atoms with van der Waals surface area (Å²) in [6.45, 7) is 1.65. The average Bonchev–Trinajstić information content (AvgIpc) is 2.97. The van der Waals surface area contributed by atoms with Gasteiger partial charge in [-0.2, -0.15) is 0 Å². The molecule has 128 valence electrons. The molecule has 0 aliphatic heterocycles. The molecule has 3 aromatic rings. The van der Waals surface area contributed by atoms with Gasteiger partial charge in [0, 0.05) is 17.5 Å². The van der Waals surface area contributed by atoms with E-state index in [9.17, 15) is 13.2 Å². The Balaban J connectivity index is 1.94. The molecule has 1 N–H and O–H groups in total. The first kappa shape index (κ1) is 16.9. The lowest BCUT2D eigenvalue weighted by Crippen LogP contribution is -2.14. The van der Waals surface area contributed by atoms with Gasteiger partial charge in [-0.05, 0) is 25.1 Å². The summed E-state index contributed by atoms with van der Waals surface area (Å²) in [7, 11) is -3.36. The highest BCUT2D eigenvalue weighted by Crippen LogP contribution is 2.26. The molecule has 2 aromatic carbocycles. The third-order valence-electron chi connectivity index (χ3n) is 3.66. The molecule has 3 rings (SSSR count). The number of carbonyl (C=O) groups excluding carboxylic acids is 1. The number of sulfone groups is 1. The molecule has 0 bridgehead atoms. The van der Waals surface area contributed by atoms with Crippen molar-refractivity contribution in [3.63, 3.8) is 0 Å². The highest BCUT2D eigenvalue weighted by atomic mass is 32.2. The van der Waals surface area contributed by atoms with Gasteiger partial charge < -0.3 is 9.84 Å². The molecule has 1 aromatic heterocycles. The molecule has 0 atom stereocenters. The quantitative estimate of drug-likeness (QED) is 0.775. The van der Waals surface area contributed by atoms with Gasteiger partial charge in [-0.3, -0.25) is 4.79 Å². The van der Waals surface area contributed by atoms with Gasteiger partial charge in [0.25, 0.3) is 5.91 Å². The maximum atomic E-state index is 12.7. The maximum absolute atomic E-state index is 12.7. The summed E-state index contributed by atoms with van der Waals surface area (Å²) >= 11 is 0. The minimum Gasteiger partial charge on any atom is -0.360 e. The third kappa shape index (κ3) is 3.61. The zero-order chi connectivity index (χ0) is 18.0. The summed E-state index contributed by atoms with van der Waals surface area (Å²) in [4.78, 5) is 12.8. The first-order chi connectivity index (χ1) is 11.9. The molecule has 1 amide bonds. The lowest BCUT2D eigenvalue weighted by atomic mass is 10.1. The van der Waals surface area contributed by atoms with Crippen LogP contribution in [0, 0.1) is 6.92 Å².